The molecule has 0 aromatic heterocycles. The summed E-state index contributed by atoms with van der Waals surface area (Å²) in [5.41, 5.74) is 0.456. The molecule has 1 aromatic rings. The molecule has 0 N–H and O–H groups in total. The van der Waals surface area contributed by atoms with Gasteiger partial charge in [-0.3, -0.25) is 0 Å². The fourth-order valence-corrected chi connectivity index (χ4v) is 0.872. The van der Waals surface area contributed by atoms with Gasteiger partial charge in [0, 0.05) is 0 Å². The van der Waals surface area contributed by atoms with Gasteiger partial charge >= 0.3 is 5.97 Å². The zero-order valence-corrected chi connectivity index (χ0v) is 9.80. The summed E-state index contributed by atoms with van der Waals surface area (Å²) in [6.07, 6.45) is 0. The summed E-state index contributed by atoms with van der Waals surface area (Å²) in [5, 5.41) is 3.43. The van der Waals surface area contributed by atoms with Gasteiger partial charge in [0.25, 0.3) is 0 Å². The lowest BCUT2D eigenvalue weighted by atomic mass is 10.2. The Labute approximate surface area is 102 Å². The molecular formula is C10H8Cl2FNO2. The molecule has 0 bridgehead atoms. The minimum atomic E-state index is -0.832. The van der Waals surface area contributed by atoms with Crippen LogP contribution in [-0.2, 0) is 4.84 Å². The van der Waals surface area contributed by atoms with Gasteiger partial charge in [0.05, 0.1) is 11.3 Å². The van der Waals surface area contributed by atoms with Crippen LogP contribution in [-0.4, -0.2) is 16.5 Å². The van der Waals surface area contributed by atoms with Crippen LogP contribution in [0.25, 0.3) is 0 Å². The first-order valence-electron chi connectivity index (χ1n) is 4.30. The van der Waals surface area contributed by atoms with E-state index < -0.39 is 16.6 Å². The molecule has 0 heterocycles. The lowest BCUT2D eigenvalue weighted by Gasteiger charge is -2.00. The summed E-state index contributed by atoms with van der Waals surface area (Å²) in [6, 6.07) is 4.89. The first kappa shape index (κ1) is 12.9. The van der Waals surface area contributed by atoms with Crippen molar-refractivity contribution in [3.8, 4) is 0 Å². The van der Waals surface area contributed by atoms with Crippen LogP contribution in [0.1, 0.15) is 17.3 Å². The number of nitrogens with zero attached hydrogens (tertiary/aromatic N) is 1. The highest BCUT2D eigenvalue weighted by molar-refractivity contribution is 6.54. The lowest BCUT2D eigenvalue weighted by molar-refractivity contribution is 0.0515. The maximum absolute atomic E-state index is 12.6. The van der Waals surface area contributed by atoms with Crippen molar-refractivity contribution in [1.29, 1.82) is 0 Å². The molecule has 3 nitrogen and oxygen atoms in total. The fraction of sp³-hybridized carbons (Fsp3) is 0.200. The van der Waals surface area contributed by atoms with Gasteiger partial charge in [-0.2, -0.15) is 0 Å². The number of carbonyl (C=O) groups excluding carboxylic acids is 1. The zero-order chi connectivity index (χ0) is 12.1. The SMILES string of the molecule is CC(=NOC(=O)c1ccc(F)cc1)C(Cl)Cl. The number of hydrogen-bond donors (Lipinski definition) is 0. The Hall–Kier alpha value is -1.13. The van der Waals surface area contributed by atoms with Gasteiger partial charge in [-0.1, -0.05) is 28.4 Å². The Morgan fingerprint density at radius 1 is 1.38 bits per heavy atom. The summed E-state index contributed by atoms with van der Waals surface area (Å²) in [5.74, 6) is -1.13. The summed E-state index contributed by atoms with van der Waals surface area (Å²) < 4.78 is 12.6. The molecule has 6 heteroatoms. The monoisotopic (exact) mass is 263 g/mol. The van der Waals surface area contributed by atoms with Crippen LogP contribution in [0, 0.1) is 5.82 Å². The highest BCUT2D eigenvalue weighted by atomic mass is 35.5. The third kappa shape index (κ3) is 3.79. The fourth-order valence-electron chi connectivity index (χ4n) is 0.792. The predicted octanol–water partition coefficient (Wildman–Crippen LogP) is 3.16. The first-order valence-corrected chi connectivity index (χ1v) is 5.17. The van der Waals surface area contributed by atoms with Crippen LogP contribution in [0.5, 0.6) is 0 Å². The predicted molar refractivity (Wildman–Crippen MR) is 60.4 cm³/mol. The third-order valence-electron chi connectivity index (χ3n) is 1.67. The van der Waals surface area contributed by atoms with Gasteiger partial charge in [0.1, 0.15) is 10.7 Å². The number of alkyl halides is 2. The molecule has 0 fully saturated rings. The number of hydrogen-bond acceptors (Lipinski definition) is 3. The minimum absolute atomic E-state index is 0.193. The van der Waals surface area contributed by atoms with E-state index in [0.717, 1.165) is 12.1 Å². The van der Waals surface area contributed by atoms with Crippen molar-refractivity contribution in [3.05, 3.63) is 35.6 Å². The molecule has 1 rings (SSSR count). The molecule has 0 atom stereocenters. The highest BCUT2D eigenvalue weighted by Gasteiger charge is 2.09. The van der Waals surface area contributed by atoms with Gasteiger partial charge in [-0.15, -0.1) is 0 Å². The van der Waals surface area contributed by atoms with Crippen LogP contribution >= 0.6 is 23.2 Å². The van der Waals surface area contributed by atoms with Crippen molar-refractivity contribution < 1.29 is 14.0 Å². The average molecular weight is 264 g/mol. The molecule has 16 heavy (non-hydrogen) atoms. The summed E-state index contributed by atoms with van der Waals surface area (Å²) in [4.78, 5) is 15.1. The van der Waals surface area contributed by atoms with Gasteiger partial charge in [0.2, 0.25) is 0 Å². The topological polar surface area (TPSA) is 38.7 Å². The molecule has 0 unspecified atom stereocenters. The molecule has 0 radical (unpaired) electrons. The molecule has 0 amide bonds. The van der Waals surface area contributed by atoms with Crippen LogP contribution in [0.3, 0.4) is 0 Å². The van der Waals surface area contributed by atoms with E-state index in [1.807, 2.05) is 0 Å². The molecule has 0 saturated carbocycles. The Balaban J connectivity index is 2.66. The summed E-state index contributed by atoms with van der Waals surface area (Å²) in [6.45, 7) is 1.52. The second-order valence-corrected chi connectivity index (χ2v) is 4.02. The number of oxime groups is 1. The van der Waals surface area contributed by atoms with Gasteiger partial charge in [0.15, 0.2) is 0 Å². The number of benzene rings is 1. The maximum Gasteiger partial charge on any atom is 0.365 e. The van der Waals surface area contributed by atoms with E-state index >= 15 is 0 Å². The van der Waals surface area contributed by atoms with E-state index in [-0.39, 0.29) is 11.3 Å². The summed E-state index contributed by atoms with van der Waals surface area (Å²) in [7, 11) is 0. The van der Waals surface area contributed by atoms with Crippen LogP contribution in [0.15, 0.2) is 29.4 Å². The average Bonchev–Trinajstić information content (AvgIpc) is 2.26. The van der Waals surface area contributed by atoms with Crippen LogP contribution in [0.4, 0.5) is 4.39 Å². The van der Waals surface area contributed by atoms with E-state index in [2.05, 4.69) is 9.99 Å². The number of carbonyl (C=O) groups is 1. The van der Waals surface area contributed by atoms with Gasteiger partial charge in [-0.25, -0.2) is 9.18 Å². The third-order valence-corrected chi connectivity index (χ3v) is 2.30. The second kappa shape index (κ2) is 5.82. The van der Waals surface area contributed by atoms with Crippen LogP contribution in [0.2, 0.25) is 0 Å². The highest BCUT2D eigenvalue weighted by Crippen LogP contribution is 2.07. The maximum atomic E-state index is 12.6. The lowest BCUT2D eigenvalue weighted by Crippen LogP contribution is -2.07. The van der Waals surface area contributed by atoms with Crippen molar-refractivity contribution in [2.75, 3.05) is 0 Å². The zero-order valence-electron chi connectivity index (χ0n) is 8.28. The van der Waals surface area contributed by atoms with Gasteiger partial charge < -0.3 is 4.84 Å². The minimum Gasteiger partial charge on any atom is -0.313 e. The molecule has 86 valence electrons. The molecule has 0 saturated heterocycles. The van der Waals surface area contributed by atoms with E-state index in [0.29, 0.717) is 0 Å². The Kier molecular flexibility index (Phi) is 4.71. The number of rotatable bonds is 3. The van der Waals surface area contributed by atoms with E-state index in [1.165, 1.54) is 19.1 Å². The van der Waals surface area contributed by atoms with Crippen molar-refractivity contribution in [1.82, 2.24) is 0 Å². The number of halogens is 3. The van der Waals surface area contributed by atoms with Crippen molar-refractivity contribution in [2.45, 2.75) is 11.8 Å². The molecular weight excluding hydrogens is 256 g/mol. The summed E-state index contributed by atoms with van der Waals surface area (Å²) >= 11 is 10.9. The quantitative estimate of drug-likeness (QED) is 0.364. The molecule has 0 aliphatic carbocycles. The largest absolute Gasteiger partial charge is 0.365 e. The Morgan fingerprint density at radius 3 is 2.44 bits per heavy atom. The van der Waals surface area contributed by atoms with E-state index in [4.69, 9.17) is 23.2 Å². The van der Waals surface area contributed by atoms with E-state index in [1.54, 1.807) is 0 Å². The molecule has 1 aromatic carbocycles. The Morgan fingerprint density at radius 2 is 1.94 bits per heavy atom. The van der Waals surface area contributed by atoms with Gasteiger partial charge in [-0.05, 0) is 31.2 Å². The van der Waals surface area contributed by atoms with Crippen molar-refractivity contribution in [2.24, 2.45) is 5.16 Å². The van der Waals surface area contributed by atoms with E-state index in [9.17, 15) is 9.18 Å². The van der Waals surface area contributed by atoms with Crippen molar-refractivity contribution >= 4 is 34.9 Å². The Bertz CT molecular complexity index is 404. The molecule has 0 aliphatic heterocycles. The first-order chi connectivity index (χ1) is 7.50. The normalized spacial score (nSPS) is 11.7. The second-order valence-electron chi connectivity index (χ2n) is 2.92. The van der Waals surface area contributed by atoms with Crippen LogP contribution < -0.4 is 0 Å². The smallest absolute Gasteiger partial charge is 0.313 e. The standard InChI is InChI=1S/C10H8Cl2FNO2/c1-6(9(11)12)14-16-10(15)7-2-4-8(13)5-3-7/h2-5,9H,1H3. The molecule has 0 aliphatic rings. The molecule has 0 spiro atoms. The van der Waals surface area contributed by atoms with Crippen molar-refractivity contribution in [3.63, 3.8) is 0 Å².